The second kappa shape index (κ2) is 15.3. The molecule has 5 aromatic rings. The first-order valence-electron chi connectivity index (χ1n) is 15.6. The van der Waals surface area contributed by atoms with E-state index < -0.39 is 0 Å². The molecular formula is C37H38N6O2. The van der Waals surface area contributed by atoms with Crippen LogP contribution in [-0.2, 0) is 30.9 Å². The molecule has 0 radical (unpaired) electrons. The molecule has 1 aliphatic heterocycles. The van der Waals surface area contributed by atoms with Crippen LogP contribution >= 0.6 is 0 Å². The predicted molar refractivity (Wildman–Crippen MR) is 175 cm³/mol. The zero-order valence-corrected chi connectivity index (χ0v) is 25.4. The van der Waals surface area contributed by atoms with Crippen molar-refractivity contribution in [3.05, 3.63) is 126 Å². The number of rotatable bonds is 13. The van der Waals surface area contributed by atoms with Gasteiger partial charge < -0.3 is 19.4 Å². The first-order valence-corrected chi connectivity index (χ1v) is 15.6. The molecule has 0 unspecified atom stereocenters. The van der Waals surface area contributed by atoms with Crippen LogP contribution in [0.25, 0.3) is 22.4 Å². The lowest BCUT2D eigenvalue weighted by molar-refractivity contribution is 0.0384. The van der Waals surface area contributed by atoms with Crippen LogP contribution in [0.5, 0.6) is 5.88 Å². The average Bonchev–Trinajstić information content (AvgIpc) is 3.46. The Hall–Kier alpha value is -4.81. The second-order valence-corrected chi connectivity index (χ2v) is 11.0. The van der Waals surface area contributed by atoms with Crippen molar-refractivity contribution in [3.63, 3.8) is 0 Å². The van der Waals surface area contributed by atoms with Gasteiger partial charge >= 0.3 is 0 Å². The minimum atomic E-state index is 0.183. The number of pyridine rings is 1. The lowest BCUT2D eigenvalue weighted by Crippen LogP contribution is -2.40. The van der Waals surface area contributed by atoms with E-state index in [1.165, 1.54) is 5.56 Å². The van der Waals surface area contributed by atoms with Crippen molar-refractivity contribution in [1.82, 2.24) is 24.8 Å². The molecule has 0 spiro atoms. The maximum absolute atomic E-state index is 10.1. The first-order chi connectivity index (χ1) is 22.3. The number of aromatic nitrogens is 3. The van der Waals surface area contributed by atoms with Crippen molar-refractivity contribution < 1.29 is 9.47 Å². The first kappa shape index (κ1) is 30.2. The van der Waals surface area contributed by atoms with Crippen molar-refractivity contribution in [2.24, 2.45) is 0 Å². The van der Waals surface area contributed by atoms with Crippen molar-refractivity contribution in [2.45, 2.75) is 26.1 Å². The van der Waals surface area contributed by atoms with E-state index in [0.717, 1.165) is 86.3 Å². The van der Waals surface area contributed by atoms with E-state index in [4.69, 9.17) is 14.5 Å². The maximum atomic E-state index is 10.1. The topological polar surface area (TPSA) is 88.2 Å². The van der Waals surface area contributed by atoms with Gasteiger partial charge in [-0.05, 0) is 23.6 Å². The van der Waals surface area contributed by atoms with Gasteiger partial charge in [-0.15, -0.1) is 0 Å². The van der Waals surface area contributed by atoms with Crippen molar-refractivity contribution in [1.29, 1.82) is 5.26 Å². The number of nitriles is 1. The number of nitrogens with zero attached hydrogens (tertiary/aromatic N) is 5. The zero-order valence-electron chi connectivity index (χ0n) is 25.4. The van der Waals surface area contributed by atoms with Gasteiger partial charge in [0.25, 0.3) is 0 Å². The third kappa shape index (κ3) is 7.65. The molecule has 0 amide bonds. The molecule has 0 bridgehead atoms. The minimum absolute atomic E-state index is 0.183. The highest BCUT2D eigenvalue weighted by molar-refractivity contribution is 5.72. The summed E-state index contributed by atoms with van der Waals surface area (Å²) in [6, 6.07) is 34.9. The van der Waals surface area contributed by atoms with Crippen LogP contribution in [0.3, 0.4) is 0 Å². The van der Waals surface area contributed by atoms with Crippen LogP contribution in [0.1, 0.15) is 22.6 Å². The number of imidazole rings is 1. The highest BCUT2D eigenvalue weighted by atomic mass is 16.5. The summed E-state index contributed by atoms with van der Waals surface area (Å²) in [6.07, 6.45) is 2.55. The third-order valence-electron chi connectivity index (χ3n) is 8.12. The van der Waals surface area contributed by atoms with Crippen LogP contribution in [-0.4, -0.2) is 58.8 Å². The summed E-state index contributed by atoms with van der Waals surface area (Å²) in [5, 5.41) is 13.8. The van der Waals surface area contributed by atoms with Gasteiger partial charge in [-0.2, -0.15) is 5.26 Å². The summed E-state index contributed by atoms with van der Waals surface area (Å²) < 4.78 is 14.1. The fraction of sp³-hybridized carbons (Fsp3) is 0.270. The van der Waals surface area contributed by atoms with Gasteiger partial charge in [-0.1, -0.05) is 91.0 Å². The van der Waals surface area contributed by atoms with E-state index in [0.29, 0.717) is 18.0 Å². The molecule has 1 aliphatic rings. The molecule has 6 rings (SSSR count). The lowest BCUT2D eigenvalue weighted by Gasteiger charge is -2.26. The van der Waals surface area contributed by atoms with E-state index >= 15 is 0 Å². The Morgan fingerprint density at radius 3 is 2.24 bits per heavy atom. The lowest BCUT2D eigenvalue weighted by atomic mass is 10.0. The molecule has 3 heterocycles. The molecule has 3 aromatic carbocycles. The van der Waals surface area contributed by atoms with Crippen LogP contribution in [0, 0.1) is 11.3 Å². The van der Waals surface area contributed by atoms with E-state index in [-0.39, 0.29) is 6.61 Å². The highest BCUT2D eigenvalue weighted by Crippen LogP contribution is 2.30. The number of morpholine rings is 1. The predicted octanol–water partition coefficient (Wildman–Crippen LogP) is 5.73. The smallest absolute Gasteiger partial charge is 0.232 e. The Labute approximate surface area is 264 Å². The van der Waals surface area contributed by atoms with E-state index in [9.17, 15) is 5.26 Å². The number of hydrogen-bond acceptors (Lipinski definition) is 7. The molecule has 1 N–H and O–H groups in total. The van der Waals surface area contributed by atoms with Gasteiger partial charge in [0.05, 0.1) is 24.6 Å². The van der Waals surface area contributed by atoms with Crippen molar-refractivity contribution in [2.75, 3.05) is 39.4 Å². The Morgan fingerprint density at radius 2 is 1.53 bits per heavy atom. The minimum Gasteiger partial charge on any atom is -0.469 e. The normalized spacial score (nSPS) is 13.4. The van der Waals surface area contributed by atoms with Crippen molar-refractivity contribution >= 4 is 0 Å². The van der Waals surface area contributed by atoms with Gasteiger partial charge in [0.15, 0.2) is 0 Å². The van der Waals surface area contributed by atoms with E-state index in [1.807, 2.05) is 60.7 Å². The van der Waals surface area contributed by atoms with Crippen LogP contribution in [0.4, 0.5) is 0 Å². The molecule has 1 saturated heterocycles. The fourth-order valence-electron chi connectivity index (χ4n) is 5.72. The summed E-state index contributed by atoms with van der Waals surface area (Å²) in [7, 11) is 0. The largest absolute Gasteiger partial charge is 0.469 e. The van der Waals surface area contributed by atoms with E-state index in [2.05, 4.69) is 62.2 Å². The van der Waals surface area contributed by atoms with Gasteiger partial charge in [0, 0.05) is 56.6 Å². The molecule has 8 heteroatoms. The van der Waals surface area contributed by atoms with Gasteiger partial charge in [0.1, 0.15) is 24.1 Å². The van der Waals surface area contributed by atoms with Gasteiger partial charge in [0.2, 0.25) is 5.88 Å². The molecule has 0 saturated carbocycles. The number of hydrogen-bond donors (Lipinski definition) is 1. The Balaban J connectivity index is 1.30. The van der Waals surface area contributed by atoms with Crippen LogP contribution < -0.4 is 10.1 Å². The van der Waals surface area contributed by atoms with Crippen LogP contribution in [0.2, 0.25) is 0 Å². The Kier molecular flexibility index (Phi) is 10.3. The molecule has 1 fully saturated rings. The summed E-state index contributed by atoms with van der Waals surface area (Å²) in [6.45, 7) is 6.96. The molecule has 0 aliphatic carbocycles. The van der Waals surface area contributed by atoms with Gasteiger partial charge in [-0.3, -0.25) is 4.90 Å². The Bertz CT molecular complexity index is 1690. The zero-order chi connectivity index (χ0) is 30.7. The summed E-state index contributed by atoms with van der Waals surface area (Å²) >= 11 is 0. The number of nitrogens with one attached hydrogen (secondary N) is 1. The van der Waals surface area contributed by atoms with Crippen LogP contribution in [0.15, 0.2) is 103 Å². The number of benzene rings is 3. The standard InChI is InChI=1S/C37H38N6O2/c38-26-33-32(30-12-6-2-7-13-30)16-18-40-37(33)45-28-35-41-36(31-14-8-3-9-15-31)34(27-39-19-21-42-22-24-44-25-23-42)43(35)20-17-29-10-4-1-5-11-29/h1-16,18,39H,17,19-25,27-28H2. The van der Waals surface area contributed by atoms with E-state index in [1.54, 1.807) is 6.20 Å². The molecular weight excluding hydrogens is 560 g/mol. The van der Waals surface area contributed by atoms with Crippen molar-refractivity contribution in [3.8, 4) is 34.3 Å². The Morgan fingerprint density at radius 1 is 0.844 bits per heavy atom. The molecule has 2 aromatic heterocycles. The maximum Gasteiger partial charge on any atom is 0.232 e. The number of aryl methyl sites for hydroxylation is 1. The summed E-state index contributed by atoms with van der Waals surface area (Å²) in [4.78, 5) is 12.1. The fourth-order valence-corrected chi connectivity index (χ4v) is 5.72. The summed E-state index contributed by atoms with van der Waals surface area (Å²) in [5.41, 5.74) is 6.53. The molecule has 0 atom stereocenters. The molecule has 228 valence electrons. The highest BCUT2D eigenvalue weighted by Gasteiger charge is 2.21. The second-order valence-electron chi connectivity index (χ2n) is 11.0. The molecule has 8 nitrogen and oxygen atoms in total. The van der Waals surface area contributed by atoms with Gasteiger partial charge in [-0.25, -0.2) is 9.97 Å². The number of ether oxygens (including phenoxy) is 2. The SMILES string of the molecule is N#Cc1c(-c2ccccc2)ccnc1OCc1nc(-c2ccccc2)c(CNCCN2CCOCC2)n1CCc1ccccc1. The quantitative estimate of drug-likeness (QED) is 0.173. The third-order valence-corrected chi connectivity index (χ3v) is 8.12. The molecule has 45 heavy (non-hydrogen) atoms. The average molecular weight is 599 g/mol. The monoisotopic (exact) mass is 598 g/mol. The summed E-state index contributed by atoms with van der Waals surface area (Å²) in [5.74, 6) is 1.11.